The van der Waals surface area contributed by atoms with Crippen molar-refractivity contribution in [3.63, 3.8) is 0 Å². The van der Waals surface area contributed by atoms with E-state index < -0.39 is 0 Å². The second-order valence-electron chi connectivity index (χ2n) is 2.97. The van der Waals surface area contributed by atoms with Gasteiger partial charge in [-0.05, 0) is 30.8 Å². The Morgan fingerprint density at radius 3 is 2.67 bits per heavy atom. The lowest BCUT2D eigenvalue weighted by Gasteiger charge is -2.20. The molecule has 68 valence electrons. The van der Waals surface area contributed by atoms with E-state index in [9.17, 15) is 0 Å². The summed E-state index contributed by atoms with van der Waals surface area (Å²) in [5.41, 5.74) is 0. The van der Waals surface area contributed by atoms with Crippen LogP contribution in [0.5, 0.6) is 0 Å². The molecule has 0 aromatic rings. The van der Waals surface area contributed by atoms with Gasteiger partial charge < -0.3 is 0 Å². The fourth-order valence-corrected chi connectivity index (χ4v) is 4.20. The van der Waals surface area contributed by atoms with Crippen LogP contribution in [-0.4, -0.2) is 16.1 Å². The highest BCUT2D eigenvalue weighted by molar-refractivity contribution is 8.17. The van der Waals surface area contributed by atoms with Gasteiger partial charge in [-0.25, -0.2) is 0 Å². The van der Waals surface area contributed by atoms with Gasteiger partial charge in [0.15, 0.2) is 0 Å². The molecule has 0 atom stereocenters. The third-order valence-electron chi connectivity index (χ3n) is 1.91. The molecular formula is C10H16S2. The number of terminal acetylenes is 1. The minimum atomic E-state index is 0.872. The molecule has 0 spiro atoms. The van der Waals surface area contributed by atoms with E-state index in [-0.39, 0.29) is 0 Å². The second-order valence-corrected chi connectivity index (χ2v) is 5.89. The van der Waals surface area contributed by atoms with E-state index >= 15 is 0 Å². The Balaban J connectivity index is 1.95. The third-order valence-corrected chi connectivity index (χ3v) is 4.99. The van der Waals surface area contributed by atoms with Crippen molar-refractivity contribution in [1.29, 1.82) is 0 Å². The van der Waals surface area contributed by atoms with Gasteiger partial charge in [-0.15, -0.1) is 35.9 Å². The van der Waals surface area contributed by atoms with Gasteiger partial charge in [-0.3, -0.25) is 0 Å². The number of hydrogen-bond acceptors (Lipinski definition) is 2. The summed E-state index contributed by atoms with van der Waals surface area (Å²) in [6, 6.07) is 0. The van der Waals surface area contributed by atoms with Gasteiger partial charge in [-0.2, -0.15) is 0 Å². The van der Waals surface area contributed by atoms with Crippen molar-refractivity contribution in [2.45, 2.75) is 36.7 Å². The van der Waals surface area contributed by atoms with E-state index in [0.717, 1.165) is 11.0 Å². The highest BCUT2D eigenvalue weighted by Gasteiger charge is 2.12. The zero-order chi connectivity index (χ0) is 8.65. The molecule has 1 aliphatic rings. The van der Waals surface area contributed by atoms with Crippen LogP contribution < -0.4 is 0 Å². The van der Waals surface area contributed by atoms with Gasteiger partial charge in [-0.1, -0.05) is 6.42 Å². The summed E-state index contributed by atoms with van der Waals surface area (Å²) >= 11 is 4.27. The standard InChI is InChI=1S/C10H16S2/c1-2-3-4-5-7-10-11-8-6-9-12-10/h1,10H,3-9H2. The third kappa shape index (κ3) is 4.33. The van der Waals surface area contributed by atoms with E-state index in [4.69, 9.17) is 6.42 Å². The first kappa shape index (κ1) is 10.3. The summed E-state index contributed by atoms with van der Waals surface area (Å²) in [5.74, 6) is 5.43. The topological polar surface area (TPSA) is 0 Å². The molecule has 2 heteroatoms. The van der Waals surface area contributed by atoms with Crippen molar-refractivity contribution in [3.8, 4) is 12.3 Å². The fraction of sp³-hybridized carbons (Fsp3) is 0.800. The van der Waals surface area contributed by atoms with E-state index in [0.29, 0.717) is 0 Å². The molecule has 12 heavy (non-hydrogen) atoms. The molecule has 1 saturated heterocycles. The van der Waals surface area contributed by atoms with Gasteiger partial charge in [0.25, 0.3) is 0 Å². The Hall–Kier alpha value is 0.260. The Kier molecular flexibility index (Phi) is 5.81. The van der Waals surface area contributed by atoms with Crippen molar-refractivity contribution in [2.24, 2.45) is 0 Å². The number of hydrogen-bond donors (Lipinski definition) is 0. The normalized spacial score (nSPS) is 18.9. The van der Waals surface area contributed by atoms with E-state index in [1.165, 1.54) is 37.2 Å². The first-order valence-corrected chi connectivity index (χ1v) is 6.70. The lowest BCUT2D eigenvalue weighted by atomic mass is 10.2. The molecule has 0 bridgehead atoms. The zero-order valence-corrected chi connectivity index (χ0v) is 9.05. The molecule has 0 aromatic heterocycles. The zero-order valence-electron chi connectivity index (χ0n) is 7.42. The Morgan fingerprint density at radius 1 is 1.25 bits per heavy atom. The van der Waals surface area contributed by atoms with Crippen LogP contribution in [0.3, 0.4) is 0 Å². The van der Waals surface area contributed by atoms with Crippen LogP contribution >= 0.6 is 23.5 Å². The van der Waals surface area contributed by atoms with Crippen molar-refractivity contribution in [3.05, 3.63) is 0 Å². The first-order chi connectivity index (χ1) is 5.93. The quantitative estimate of drug-likeness (QED) is 0.504. The maximum absolute atomic E-state index is 5.19. The molecule has 0 saturated carbocycles. The van der Waals surface area contributed by atoms with Crippen LogP contribution in [0.4, 0.5) is 0 Å². The van der Waals surface area contributed by atoms with E-state index in [1.54, 1.807) is 0 Å². The molecule has 1 fully saturated rings. The molecule has 0 N–H and O–H groups in total. The number of unbranched alkanes of at least 4 members (excludes halogenated alkanes) is 2. The van der Waals surface area contributed by atoms with Crippen LogP contribution in [-0.2, 0) is 0 Å². The Morgan fingerprint density at radius 2 is 2.00 bits per heavy atom. The average Bonchev–Trinajstić information content (AvgIpc) is 2.14. The summed E-state index contributed by atoms with van der Waals surface area (Å²) in [4.78, 5) is 0. The van der Waals surface area contributed by atoms with Crippen LogP contribution in [0.1, 0.15) is 32.1 Å². The largest absolute Gasteiger partial charge is 0.148 e. The van der Waals surface area contributed by atoms with E-state index in [2.05, 4.69) is 29.4 Å². The predicted molar refractivity (Wildman–Crippen MR) is 60.6 cm³/mol. The fourth-order valence-electron chi connectivity index (χ4n) is 1.24. The van der Waals surface area contributed by atoms with Crippen LogP contribution in [0.15, 0.2) is 0 Å². The summed E-state index contributed by atoms with van der Waals surface area (Å²) in [5, 5.41) is 0. The number of rotatable bonds is 4. The molecule has 0 aromatic carbocycles. The van der Waals surface area contributed by atoms with Gasteiger partial charge in [0.05, 0.1) is 4.58 Å². The minimum Gasteiger partial charge on any atom is -0.148 e. The first-order valence-electron chi connectivity index (χ1n) is 4.60. The van der Waals surface area contributed by atoms with Gasteiger partial charge in [0, 0.05) is 6.42 Å². The summed E-state index contributed by atoms with van der Waals surface area (Å²) in [6.45, 7) is 0. The molecule has 1 rings (SSSR count). The van der Waals surface area contributed by atoms with Crippen molar-refractivity contribution < 1.29 is 0 Å². The SMILES string of the molecule is C#CCCCCC1SCCCS1. The summed E-state index contributed by atoms with van der Waals surface area (Å²) < 4.78 is 0.872. The smallest absolute Gasteiger partial charge is 0.0502 e. The predicted octanol–water partition coefficient (Wildman–Crippen LogP) is 3.38. The molecule has 0 radical (unpaired) electrons. The summed E-state index contributed by atoms with van der Waals surface area (Å²) in [7, 11) is 0. The lowest BCUT2D eigenvalue weighted by Crippen LogP contribution is -2.06. The van der Waals surface area contributed by atoms with Crippen molar-refractivity contribution in [1.82, 2.24) is 0 Å². The Labute approximate surface area is 84.3 Å². The molecule has 0 aliphatic carbocycles. The van der Waals surface area contributed by atoms with Crippen LogP contribution in [0.2, 0.25) is 0 Å². The van der Waals surface area contributed by atoms with Gasteiger partial charge in [0.2, 0.25) is 0 Å². The number of thioether (sulfide) groups is 2. The molecule has 0 amide bonds. The lowest BCUT2D eigenvalue weighted by molar-refractivity contribution is 0.728. The van der Waals surface area contributed by atoms with Crippen LogP contribution in [0.25, 0.3) is 0 Å². The van der Waals surface area contributed by atoms with Gasteiger partial charge in [0.1, 0.15) is 0 Å². The van der Waals surface area contributed by atoms with E-state index in [1.807, 2.05) is 0 Å². The second kappa shape index (κ2) is 6.74. The molecule has 1 heterocycles. The molecule has 0 unspecified atom stereocenters. The minimum absolute atomic E-state index is 0.872. The highest BCUT2D eigenvalue weighted by Crippen LogP contribution is 2.33. The van der Waals surface area contributed by atoms with Crippen molar-refractivity contribution >= 4 is 23.5 Å². The maximum atomic E-state index is 5.19. The summed E-state index contributed by atoms with van der Waals surface area (Å²) in [6.07, 6.45) is 11.4. The van der Waals surface area contributed by atoms with Crippen molar-refractivity contribution in [2.75, 3.05) is 11.5 Å². The molecule has 1 aliphatic heterocycles. The van der Waals surface area contributed by atoms with Gasteiger partial charge >= 0.3 is 0 Å². The Bertz CT molecular complexity index is 142. The van der Waals surface area contributed by atoms with Crippen LogP contribution in [0, 0.1) is 12.3 Å². The molecular weight excluding hydrogens is 184 g/mol. The monoisotopic (exact) mass is 200 g/mol. The average molecular weight is 200 g/mol. The highest BCUT2D eigenvalue weighted by atomic mass is 32.2. The molecule has 0 nitrogen and oxygen atoms in total. The maximum Gasteiger partial charge on any atom is 0.0502 e.